The highest BCUT2D eigenvalue weighted by molar-refractivity contribution is 5.85. The molecule has 2 rings (SSSR count). The zero-order chi connectivity index (χ0) is 10.7. The average Bonchev–Trinajstić information content (AvgIpc) is 2.16. The molecule has 1 aliphatic heterocycles. The van der Waals surface area contributed by atoms with Crippen molar-refractivity contribution in [1.82, 2.24) is 4.90 Å². The Bertz CT molecular complexity index is 223. The highest BCUT2D eigenvalue weighted by Crippen LogP contribution is 2.30. The van der Waals surface area contributed by atoms with Crippen LogP contribution in [0.4, 0.5) is 0 Å². The van der Waals surface area contributed by atoms with E-state index in [1.807, 2.05) is 4.90 Å². The van der Waals surface area contributed by atoms with Crippen LogP contribution in [0.15, 0.2) is 0 Å². The zero-order valence-electron chi connectivity index (χ0n) is 9.86. The molecule has 0 aromatic carbocycles. The minimum atomic E-state index is 0. The molecule has 0 aromatic heterocycles. The Morgan fingerprint density at radius 2 is 1.81 bits per heavy atom. The minimum Gasteiger partial charge on any atom is -0.343 e. The second kappa shape index (κ2) is 6.45. The molecule has 0 spiro atoms. The Hall–Kier alpha value is -0.280. The van der Waals surface area contributed by atoms with Crippen molar-refractivity contribution in [3.8, 4) is 0 Å². The van der Waals surface area contributed by atoms with Crippen molar-refractivity contribution in [2.75, 3.05) is 13.1 Å². The smallest absolute Gasteiger partial charge is 0.222 e. The van der Waals surface area contributed by atoms with E-state index in [1.165, 1.54) is 19.3 Å². The first-order valence-electron chi connectivity index (χ1n) is 6.29. The van der Waals surface area contributed by atoms with Gasteiger partial charge in [-0.25, -0.2) is 0 Å². The Morgan fingerprint density at radius 1 is 1.19 bits per heavy atom. The maximum atomic E-state index is 11.8. The molecular formula is C12H23ClN2O. The van der Waals surface area contributed by atoms with Crippen molar-refractivity contribution in [3.05, 3.63) is 0 Å². The topological polar surface area (TPSA) is 46.3 Å². The first-order valence-corrected chi connectivity index (χ1v) is 6.29. The summed E-state index contributed by atoms with van der Waals surface area (Å²) in [6.45, 7) is 1.76. The first kappa shape index (κ1) is 13.8. The van der Waals surface area contributed by atoms with Crippen LogP contribution in [-0.4, -0.2) is 29.9 Å². The van der Waals surface area contributed by atoms with Gasteiger partial charge in [0.05, 0.1) is 0 Å². The molecule has 1 saturated carbocycles. The number of hydrogen-bond acceptors (Lipinski definition) is 2. The third kappa shape index (κ3) is 3.63. The molecule has 0 unspecified atom stereocenters. The summed E-state index contributed by atoms with van der Waals surface area (Å²) in [6, 6.07) is 0.320. The van der Waals surface area contributed by atoms with Crippen LogP contribution in [0.5, 0.6) is 0 Å². The number of likely N-dealkylation sites (tertiary alicyclic amines) is 1. The van der Waals surface area contributed by atoms with Gasteiger partial charge in [-0.05, 0) is 25.2 Å². The Balaban J connectivity index is 0.00000128. The highest BCUT2D eigenvalue weighted by atomic mass is 35.5. The van der Waals surface area contributed by atoms with Crippen molar-refractivity contribution < 1.29 is 4.79 Å². The van der Waals surface area contributed by atoms with Gasteiger partial charge < -0.3 is 10.6 Å². The Kier molecular flexibility index (Phi) is 5.56. The van der Waals surface area contributed by atoms with Crippen LogP contribution in [0, 0.1) is 5.92 Å². The van der Waals surface area contributed by atoms with E-state index in [0.717, 1.165) is 44.7 Å². The number of nitrogens with two attached hydrogens (primary N) is 1. The maximum absolute atomic E-state index is 11.8. The van der Waals surface area contributed by atoms with Crippen molar-refractivity contribution in [3.63, 3.8) is 0 Å². The summed E-state index contributed by atoms with van der Waals surface area (Å²) in [5.41, 5.74) is 5.81. The van der Waals surface area contributed by atoms with Gasteiger partial charge in [0, 0.05) is 25.6 Å². The fourth-order valence-electron chi connectivity index (χ4n) is 2.42. The lowest BCUT2D eigenvalue weighted by atomic mass is 9.82. The number of nitrogens with zero attached hydrogens (tertiary/aromatic N) is 1. The van der Waals surface area contributed by atoms with Crippen LogP contribution in [0.2, 0.25) is 0 Å². The molecule has 4 heteroatoms. The van der Waals surface area contributed by atoms with Crippen LogP contribution in [-0.2, 0) is 4.79 Å². The summed E-state index contributed by atoms with van der Waals surface area (Å²) in [5, 5.41) is 0. The van der Waals surface area contributed by atoms with Gasteiger partial charge in [0.1, 0.15) is 0 Å². The summed E-state index contributed by atoms with van der Waals surface area (Å²) in [5.74, 6) is 1.20. The lowest BCUT2D eigenvalue weighted by molar-refractivity contribution is -0.132. The van der Waals surface area contributed by atoms with Crippen molar-refractivity contribution in [2.24, 2.45) is 11.7 Å². The van der Waals surface area contributed by atoms with Crippen molar-refractivity contribution in [2.45, 2.75) is 51.0 Å². The lowest BCUT2D eigenvalue weighted by Gasteiger charge is -2.31. The molecule has 0 atom stereocenters. The van der Waals surface area contributed by atoms with E-state index in [2.05, 4.69) is 0 Å². The average molecular weight is 247 g/mol. The molecule has 1 saturated heterocycles. The normalized spacial score (nSPS) is 22.4. The number of rotatable bonds is 3. The van der Waals surface area contributed by atoms with E-state index in [9.17, 15) is 4.79 Å². The summed E-state index contributed by atoms with van der Waals surface area (Å²) in [4.78, 5) is 13.8. The second-order valence-corrected chi connectivity index (χ2v) is 5.05. The van der Waals surface area contributed by atoms with Gasteiger partial charge in [0.25, 0.3) is 0 Å². The van der Waals surface area contributed by atoms with E-state index >= 15 is 0 Å². The highest BCUT2D eigenvalue weighted by Gasteiger charge is 2.23. The van der Waals surface area contributed by atoms with E-state index in [1.54, 1.807) is 0 Å². The predicted octanol–water partition coefficient (Wildman–Crippen LogP) is 1.94. The zero-order valence-corrected chi connectivity index (χ0v) is 10.7. The molecule has 1 heterocycles. The van der Waals surface area contributed by atoms with Gasteiger partial charge in [-0.3, -0.25) is 4.79 Å². The lowest BCUT2D eigenvalue weighted by Crippen LogP contribution is -2.42. The summed E-state index contributed by atoms with van der Waals surface area (Å²) < 4.78 is 0. The van der Waals surface area contributed by atoms with Gasteiger partial charge >= 0.3 is 0 Å². The molecule has 2 N–H and O–H groups in total. The monoisotopic (exact) mass is 246 g/mol. The van der Waals surface area contributed by atoms with Gasteiger partial charge in [0.2, 0.25) is 5.91 Å². The molecule has 0 radical (unpaired) electrons. The van der Waals surface area contributed by atoms with Crippen molar-refractivity contribution in [1.29, 1.82) is 0 Å². The minimum absolute atomic E-state index is 0. The maximum Gasteiger partial charge on any atom is 0.222 e. The standard InChI is InChI=1S/C12H22N2O.ClH/c13-11-6-8-14(9-7-11)12(15)5-4-10-2-1-3-10;/h10-11H,1-9,13H2;1H. The fraction of sp³-hybridized carbons (Fsp3) is 0.917. The van der Waals surface area contributed by atoms with Crippen LogP contribution < -0.4 is 5.73 Å². The number of piperidine rings is 1. The SMILES string of the molecule is Cl.NC1CCN(C(=O)CCC2CCC2)CC1. The molecule has 2 fully saturated rings. The van der Waals surface area contributed by atoms with E-state index in [0.29, 0.717) is 11.9 Å². The quantitative estimate of drug-likeness (QED) is 0.827. The number of halogens is 1. The van der Waals surface area contributed by atoms with Crippen molar-refractivity contribution >= 4 is 18.3 Å². The summed E-state index contributed by atoms with van der Waals surface area (Å²) in [7, 11) is 0. The second-order valence-electron chi connectivity index (χ2n) is 5.05. The molecule has 16 heavy (non-hydrogen) atoms. The summed E-state index contributed by atoms with van der Waals surface area (Å²) >= 11 is 0. The number of carbonyl (C=O) groups excluding carboxylic acids is 1. The molecule has 1 aliphatic carbocycles. The first-order chi connectivity index (χ1) is 7.25. The molecule has 0 aromatic rings. The number of carbonyl (C=O) groups is 1. The molecular weight excluding hydrogens is 224 g/mol. The van der Waals surface area contributed by atoms with Gasteiger partial charge in [0.15, 0.2) is 0 Å². The van der Waals surface area contributed by atoms with Gasteiger partial charge in [-0.1, -0.05) is 19.3 Å². The van der Waals surface area contributed by atoms with Crippen LogP contribution in [0.1, 0.15) is 44.9 Å². The third-order valence-corrected chi connectivity index (χ3v) is 3.88. The van der Waals surface area contributed by atoms with Crippen LogP contribution in [0.3, 0.4) is 0 Å². The van der Waals surface area contributed by atoms with Crippen LogP contribution in [0.25, 0.3) is 0 Å². The van der Waals surface area contributed by atoms with Gasteiger partial charge in [-0.15, -0.1) is 12.4 Å². The van der Waals surface area contributed by atoms with Gasteiger partial charge in [-0.2, -0.15) is 0 Å². The van der Waals surface area contributed by atoms with E-state index in [4.69, 9.17) is 5.73 Å². The fourth-order valence-corrected chi connectivity index (χ4v) is 2.42. The predicted molar refractivity (Wildman–Crippen MR) is 67.6 cm³/mol. The number of hydrogen-bond donors (Lipinski definition) is 1. The summed E-state index contributed by atoms with van der Waals surface area (Å²) in [6.07, 6.45) is 7.90. The molecule has 0 bridgehead atoms. The van der Waals surface area contributed by atoms with E-state index < -0.39 is 0 Å². The third-order valence-electron chi connectivity index (χ3n) is 3.88. The molecule has 94 valence electrons. The molecule has 1 amide bonds. The Morgan fingerprint density at radius 3 is 2.31 bits per heavy atom. The Labute approximate surface area is 104 Å². The van der Waals surface area contributed by atoms with E-state index in [-0.39, 0.29) is 12.4 Å². The molecule has 2 aliphatic rings. The number of amides is 1. The van der Waals surface area contributed by atoms with Crippen LogP contribution >= 0.6 is 12.4 Å². The largest absolute Gasteiger partial charge is 0.343 e. The molecule has 3 nitrogen and oxygen atoms in total.